The molecule has 23 heavy (non-hydrogen) atoms. The minimum absolute atomic E-state index is 0.145. The molecular formula is C19H13N3O. The van der Waals surface area contributed by atoms with Crippen LogP contribution in [0.1, 0.15) is 17.0 Å². The van der Waals surface area contributed by atoms with Crippen molar-refractivity contribution in [2.75, 3.05) is 0 Å². The van der Waals surface area contributed by atoms with Crippen molar-refractivity contribution in [3.05, 3.63) is 83.4 Å². The summed E-state index contributed by atoms with van der Waals surface area (Å²) in [6.45, 7) is 0. The lowest BCUT2D eigenvalue weighted by atomic mass is 9.83. The van der Waals surface area contributed by atoms with Crippen molar-refractivity contribution in [2.45, 2.75) is 5.92 Å². The zero-order valence-corrected chi connectivity index (χ0v) is 12.2. The molecule has 1 aliphatic heterocycles. The second kappa shape index (κ2) is 5.15. The minimum atomic E-state index is -0.239. The number of hydrogen-bond donors (Lipinski definition) is 1. The van der Waals surface area contributed by atoms with Crippen LogP contribution in [0.4, 0.5) is 0 Å². The summed E-state index contributed by atoms with van der Waals surface area (Å²) in [6, 6.07) is 19.9. The van der Waals surface area contributed by atoms with Gasteiger partial charge in [0, 0.05) is 17.1 Å². The zero-order chi connectivity index (χ0) is 15.8. The molecule has 1 aliphatic rings. The van der Waals surface area contributed by atoms with Gasteiger partial charge in [-0.3, -0.25) is 4.98 Å². The quantitative estimate of drug-likeness (QED) is 0.747. The van der Waals surface area contributed by atoms with Gasteiger partial charge in [-0.1, -0.05) is 48.5 Å². The van der Waals surface area contributed by atoms with Crippen LogP contribution in [0.5, 0.6) is 5.75 Å². The fourth-order valence-electron chi connectivity index (χ4n) is 3.04. The van der Waals surface area contributed by atoms with Crippen LogP contribution < -0.4 is 10.5 Å². The van der Waals surface area contributed by atoms with Crippen LogP contribution >= 0.6 is 0 Å². The van der Waals surface area contributed by atoms with E-state index in [-0.39, 0.29) is 11.8 Å². The number of nitrogens with zero attached hydrogens (tertiary/aromatic N) is 2. The number of rotatable bonds is 1. The van der Waals surface area contributed by atoms with E-state index in [0.717, 1.165) is 22.0 Å². The van der Waals surface area contributed by atoms with E-state index < -0.39 is 0 Å². The van der Waals surface area contributed by atoms with Crippen molar-refractivity contribution in [3.8, 4) is 11.8 Å². The summed E-state index contributed by atoms with van der Waals surface area (Å²) in [5.74, 6) is 0.539. The monoisotopic (exact) mass is 299 g/mol. The molecular weight excluding hydrogens is 286 g/mol. The zero-order valence-electron chi connectivity index (χ0n) is 12.2. The smallest absolute Gasteiger partial charge is 0.205 e. The predicted molar refractivity (Wildman–Crippen MR) is 87.5 cm³/mol. The van der Waals surface area contributed by atoms with Crippen LogP contribution in [-0.4, -0.2) is 4.98 Å². The molecule has 2 aromatic carbocycles. The molecule has 0 bridgehead atoms. The Kier molecular flexibility index (Phi) is 2.99. The molecule has 0 radical (unpaired) electrons. The van der Waals surface area contributed by atoms with Crippen molar-refractivity contribution < 1.29 is 4.74 Å². The highest BCUT2D eigenvalue weighted by Crippen LogP contribution is 2.44. The molecule has 110 valence electrons. The number of benzene rings is 2. The summed E-state index contributed by atoms with van der Waals surface area (Å²) < 4.78 is 5.77. The number of nitrogens with two attached hydrogens (primary N) is 1. The Morgan fingerprint density at radius 2 is 1.87 bits per heavy atom. The number of nitriles is 1. The van der Waals surface area contributed by atoms with Gasteiger partial charge < -0.3 is 10.5 Å². The van der Waals surface area contributed by atoms with Crippen LogP contribution in [0, 0.1) is 11.3 Å². The molecule has 4 rings (SSSR count). The maximum Gasteiger partial charge on any atom is 0.205 e. The average molecular weight is 299 g/mol. The molecule has 2 N–H and O–H groups in total. The Morgan fingerprint density at radius 1 is 1.04 bits per heavy atom. The SMILES string of the molecule is N#CC1=C(N)Oc2c(ccc3cccnc23)[C@@H]1c1ccccc1. The molecule has 1 atom stereocenters. The van der Waals surface area contributed by atoms with Crippen LogP contribution in [0.25, 0.3) is 10.9 Å². The van der Waals surface area contributed by atoms with E-state index in [4.69, 9.17) is 10.5 Å². The summed E-state index contributed by atoms with van der Waals surface area (Å²) in [7, 11) is 0. The predicted octanol–water partition coefficient (Wildman–Crippen LogP) is 3.45. The first-order valence-corrected chi connectivity index (χ1v) is 7.30. The molecule has 4 heteroatoms. The van der Waals surface area contributed by atoms with Crippen LogP contribution in [0.2, 0.25) is 0 Å². The Hall–Kier alpha value is -3.32. The van der Waals surface area contributed by atoms with Crippen molar-refractivity contribution in [2.24, 2.45) is 5.73 Å². The molecule has 0 saturated carbocycles. The van der Waals surface area contributed by atoms with E-state index in [1.165, 1.54) is 0 Å². The fraction of sp³-hybridized carbons (Fsp3) is 0.0526. The summed E-state index contributed by atoms with van der Waals surface area (Å²) in [5.41, 5.74) is 9.13. The van der Waals surface area contributed by atoms with Gasteiger partial charge in [-0.15, -0.1) is 0 Å². The third-order valence-electron chi connectivity index (χ3n) is 4.09. The van der Waals surface area contributed by atoms with E-state index in [9.17, 15) is 5.26 Å². The second-order valence-electron chi connectivity index (χ2n) is 5.39. The van der Waals surface area contributed by atoms with Crippen LogP contribution in [-0.2, 0) is 0 Å². The van der Waals surface area contributed by atoms with Gasteiger partial charge in [-0.05, 0) is 11.6 Å². The summed E-state index contributed by atoms with van der Waals surface area (Å²) in [6.07, 6.45) is 1.73. The molecule has 2 heterocycles. The maximum atomic E-state index is 9.55. The Labute approximate surface area is 133 Å². The maximum absolute atomic E-state index is 9.55. The summed E-state index contributed by atoms with van der Waals surface area (Å²) >= 11 is 0. The lowest BCUT2D eigenvalue weighted by Gasteiger charge is -2.27. The number of hydrogen-bond acceptors (Lipinski definition) is 4. The van der Waals surface area contributed by atoms with Gasteiger partial charge in [0.1, 0.15) is 17.2 Å². The number of ether oxygens (including phenoxy) is 1. The number of fused-ring (bicyclic) bond motifs is 3. The third-order valence-corrected chi connectivity index (χ3v) is 4.09. The van der Waals surface area contributed by atoms with E-state index >= 15 is 0 Å². The Balaban J connectivity index is 2.03. The highest BCUT2D eigenvalue weighted by Gasteiger charge is 2.31. The van der Waals surface area contributed by atoms with Crippen LogP contribution in [0.15, 0.2) is 72.3 Å². The number of pyridine rings is 1. The van der Waals surface area contributed by atoms with Crippen LogP contribution in [0.3, 0.4) is 0 Å². The average Bonchev–Trinajstić information content (AvgIpc) is 2.61. The van der Waals surface area contributed by atoms with E-state index in [1.54, 1.807) is 6.20 Å². The number of allylic oxidation sites excluding steroid dienone is 1. The van der Waals surface area contributed by atoms with Gasteiger partial charge in [-0.25, -0.2) is 0 Å². The minimum Gasteiger partial charge on any atom is -0.438 e. The summed E-state index contributed by atoms with van der Waals surface area (Å²) in [5, 5.41) is 10.5. The first kappa shape index (κ1) is 13.4. The second-order valence-corrected chi connectivity index (χ2v) is 5.39. The van der Waals surface area contributed by atoms with Crippen molar-refractivity contribution >= 4 is 10.9 Å². The van der Waals surface area contributed by atoms with Gasteiger partial charge >= 0.3 is 0 Å². The first-order valence-electron chi connectivity index (χ1n) is 7.30. The van der Waals surface area contributed by atoms with E-state index in [0.29, 0.717) is 11.3 Å². The van der Waals surface area contributed by atoms with Crippen molar-refractivity contribution in [1.82, 2.24) is 4.98 Å². The normalized spacial score (nSPS) is 16.6. The molecule has 3 aromatic rings. The number of aromatic nitrogens is 1. The van der Waals surface area contributed by atoms with Gasteiger partial charge in [0.05, 0.1) is 5.92 Å². The van der Waals surface area contributed by atoms with Crippen molar-refractivity contribution in [1.29, 1.82) is 5.26 Å². The Morgan fingerprint density at radius 3 is 2.65 bits per heavy atom. The lowest BCUT2D eigenvalue weighted by Crippen LogP contribution is -2.21. The largest absolute Gasteiger partial charge is 0.438 e. The molecule has 0 aliphatic carbocycles. The topological polar surface area (TPSA) is 71.9 Å². The first-order chi connectivity index (χ1) is 11.3. The van der Waals surface area contributed by atoms with Gasteiger partial charge in [0.15, 0.2) is 5.75 Å². The molecule has 1 aromatic heterocycles. The standard InChI is InChI=1S/C19H13N3O/c20-11-15-16(12-5-2-1-3-6-12)14-9-8-13-7-4-10-22-17(13)18(14)23-19(15)21/h1-10,16H,21H2/t16-/m0/s1. The summed E-state index contributed by atoms with van der Waals surface area (Å²) in [4.78, 5) is 4.42. The third kappa shape index (κ3) is 2.02. The Bertz CT molecular complexity index is 971. The molecule has 0 unspecified atom stereocenters. The molecule has 0 fully saturated rings. The lowest BCUT2D eigenvalue weighted by molar-refractivity contribution is 0.397. The van der Waals surface area contributed by atoms with Gasteiger partial charge in [0.2, 0.25) is 5.88 Å². The van der Waals surface area contributed by atoms with Gasteiger partial charge in [-0.2, -0.15) is 5.26 Å². The molecule has 0 saturated heterocycles. The highest BCUT2D eigenvalue weighted by atomic mass is 16.5. The van der Waals surface area contributed by atoms with E-state index in [2.05, 4.69) is 11.1 Å². The van der Waals surface area contributed by atoms with Gasteiger partial charge in [0.25, 0.3) is 0 Å². The fourth-order valence-corrected chi connectivity index (χ4v) is 3.04. The highest BCUT2D eigenvalue weighted by molar-refractivity contribution is 5.87. The molecule has 0 spiro atoms. The molecule has 0 amide bonds. The molecule has 4 nitrogen and oxygen atoms in total. The van der Waals surface area contributed by atoms with Crippen molar-refractivity contribution in [3.63, 3.8) is 0 Å². The van der Waals surface area contributed by atoms with E-state index in [1.807, 2.05) is 54.6 Å².